The maximum absolute atomic E-state index is 13.9. The van der Waals surface area contributed by atoms with Crippen molar-refractivity contribution < 1.29 is 34.5 Å². The number of phenolic OH excluding ortho intramolecular Hbond substituents is 2. The van der Waals surface area contributed by atoms with Crippen LogP contribution in [0.25, 0.3) is 22.3 Å². The molecule has 0 saturated heterocycles. The van der Waals surface area contributed by atoms with E-state index in [2.05, 4.69) is 17.2 Å². The number of nitrogens with zero attached hydrogens (tertiary/aromatic N) is 1. The van der Waals surface area contributed by atoms with Gasteiger partial charge in [0.1, 0.15) is 17.5 Å². The number of carboxylic acid groups (broad SMARTS) is 1. The molecule has 0 spiro atoms. The first-order valence-corrected chi connectivity index (χ1v) is 18.2. The molecule has 0 unspecified atom stereocenters. The maximum atomic E-state index is 13.9. The number of nitrogens with two attached hydrogens (primary N) is 2. The molecule has 13 heteroatoms. The average Bonchev–Trinajstić information content (AvgIpc) is 3.15. The average molecular weight is 770 g/mol. The number of halogens is 1. The first-order valence-electron chi connectivity index (χ1n) is 17.8. The van der Waals surface area contributed by atoms with Crippen LogP contribution < -0.4 is 22.1 Å². The Morgan fingerprint density at radius 2 is 1.55 bits per heavy atom. The fourth-order valence-corrected chi connectivity index (χ4v) is 6.43. The number of phenols is 2. The number of aliphatic carboxylic acids is 1. The fraction of sp³-hybridized carbons (Fsp3) is 0.286. The topological polar surface area (TPSA) is 208 Å². The van der Waals surface area contributed by atoms with Crippen LogP contribution in [0.4, 0.5) is 0 Å². The fourth-order valence-electron chi connectivity index (χ4n) is 6.30. The SMILES string of the molecule is C=C([C@H](CCCCN)NC(=O)c1ccc(-c2ccc(Cl)cc2)cc1)N(C)[C@H](C(=O)NCC(N)=O)c1ccc(O)c(-c2cc(C[C@H](C)C(=O)O)cc(C)c2O)c1. The van der Waals surface area contributed by atoms with E-state index in [0.29, 0.717) is 58.8 Å². The zero-order chi connectivity index (χ0) is 40.4. The summed E-state index contributed by atoms with van der Waals surface area (Å²) in [4.78, 5) is 52.4. The van der Waals surface area contributed by atoms with Gasteiger partial charge in [0.05, 0.1) is 18.5 Å². The predicted molar refractivity (Wildman–Crippen MR) is 213 cm³/mol. The standard InChI is InChI=1S/C42H48ClN5O7/c1-24-19-27(20-25(2)42(54)55)21-34(39(24)51)33-22-31(14-17-36(33)49)38(41(53)46-23-37(45)50)48(4)26(3)35(7-5-6-18-44)47-40(52)30-10-8-28(9-11-30)29-12-15-32(43)16-13-29/h8-17,19,21-22,25,35,38,49,51H,3,5-7,18,20,23,44H2,1-2,4H3,(H2,45,50)(H,46,53)(H,47,52)(H,54,55)/t25-,35-,38-/m0/s1. The van der Waals surface area contributed by atoms with E-state index in [-0.39, 0.29) is 35.0 Å². The molecule has 0 aliphatic rings. The van der Waals surface area contributed by atoms with Crippen molar-refractivity contribution in [1.29, 1.82) is 0 Å². The maximum Gasteiger partial charge on any atom is 0.306 e. The van der Waals surface area contributed by atoms with Crippen molar-refractivity contribution in [2.45, 2.75) is 51.6 Å². The summed E-state index contributed by atoms with van der Waals surface area (Å²) in [5.41, 5.74) is 15.6. The number of nitrogens with one attached hydrogen (secondary N) is 2. The largest absolute Gasteiger partial charge is 0.507 e. The zero-order valence-electron chi connectivity index (χ0n) is 31.1. The highest BCUT2D eigenvalue weighted by molar-refractivity contribution is 6.30. The third kappa shape index (κ3) is 10.9. The van der Waals surface area contributed by atoms with Crippen molar-refractivity contribution in [3.8, 4) is 33.8 Å². The highest BCUT2D eigenvalue weighted by atomic mass is 35.5. The molecule has 0 bridgehead atoms. The molecule has 3 amide bonds. The third-order valence-corrected chi connectivity index (χ3v) is 9.71. The Balaban J connectivity index is 1.70. The Labute approximate surface area is 325 Å². The van der Waals surface area contributed by atoms with Gasteiger partial charge < -0.3 is 42.3 Å². The molecule has 0 saturated carbocycles. The molecule has 4 rings (SSSR count). The minimum atomic E-state index is -1.16. The van der Waals surface area contributed by atoms with Gasteiger partial charge in [-0.1, -0.05) is 61.5 Å². The normalized spacial score (nSPS) is 12.6. The monoisotopic (exact) mass is 769 g/mol. The van der Waals surface area contributed by atoms with Gasteiger partial charge in [-0.25, -0.2) is 0 Å². The number of aromatic hydroxyl groups is 2. The molecular weight excluding hydrogens is 722 g/mol. The summed E-state index contributed by atoms with van der Waals surface area (Å²) in [5, 5.41) is 37.9. The van der Waals surface area contributed by atoms with E-state index in [9.17, 15) is 34.5 Å². The summed E-state index contributed by atoms with van der Waals surface area (Å²) in [6.45, 7) is 7.53. The van der Waals surface area contributed by atoms with Crippen LogP contribution in [0.15, 0.2) is 91.1 Å². The molecule has 3 atom stereocenters. The number of amides is 3. The van der Waals surface area contributed by atoms with Crippen molar-refractivity contribution >= 4 is 35.3 Å². The summed E-state index contributed by atoms with van der Waals surface area (Å²) < 4.78 is 0. The van der Waals surface area contributed by atoms with Gasteiger partial charge >= 0.3 is 5.97 Å². The van der Waals surface area contributed by atoms with E-state index in [1.54, 1.807) is 62.2 Å². The van der Waals surface area contributed by atoms with Gasteiger partial charge in [-0.05, 0) is 109 Å². The van der Waals surface area contributed by atoms with E-state index in [1.807, 2.05) is 24.3 Å². The van der Waals surface area contributed by atoms with Crippen LogP contribution in [0.1, 0.15) is 59.3 Å². The van der Waals surface area contributed by atoms with E-state index in [0.717, 1.165) is 11.1 Å². The number of benzene rings is 4. The van der Waals surface area contributed by atoms with Crippen LogP contribution in [0, 0.1) is 12.8 Å². The van der Waals surface area contributed by atoms with Crippen molar-refractivity contribution in [2.75, 3.05) is 20.1 Å². The number of primary amides is 1. The number of aryl methyl sites for hydroxylation is 1. The van der Waals surface area contributed by atoms with Gasteiger partial charge in [0.25, 0.3) is 5.91 Å². The number of likely N-dealkylation sites (N-methyl/N-ethyl adjacent to an activating group) is 1. The Hall–Kier alpha value is -5.85. The molecule has 4 aromatic carbocycles. The van der Waals surface area contributed by atoms with Crippen molar-refractivity contribution in [3.05, 3.63) is 118 Å². The highest BCUT2D eigenvalue weighted by Crippen LogP contribution is 2.41. The smallest absolute Gasteiger partial charge is 0.306 e. The van der Waals surface area contributed by atoms with Crippen molar-refractivity contribution in [1.82, 2.24) is 15.5 Å². The van der Waals surface area contributed by atoms with Gasteiger partial charge in [0, 0.05) is 34.5 Å². The molecule has 0 aromatic heterocycles. The minimum Gasteiger partial charge on any atom is -0.507 e. The lowest BCUT2D eigenvalue weighted by Crippen LogP contribution is -2.46. The number of carbonyl (C=O) groups is 4. The third-order valence-electron chi connectivity index (χ3n) is 9.45. The molecular formula is C42H48ClN5O7. The lowest BCUT2D eigenvalue weighted by Gasteiger charge is -2.35. The second-order valence-corrected chi connectivity index (χ2v) is 14.0. The van der Waals surface area contributed by atoms with Crippen LogP contribution in [0.2, 0.25) is 5.02 Å². The van der Waals surface area contributed by atoms with Gasteiger partial charge in [-0.15, -0.1) is 0 Å². The second-order valence-electron chi connectivity index (χ2n) is 13.6. The van der Waals surface area contributed by atoms with Crippen molar-refractivity contribution in [2.24, 2.45) is 17.4 Å². The van der Waals surface area contributed by atoms with Gasteiger partial charge in [-0.3, -0.25) is 19.2 Å². The summed E-state index contributed by atoms with van der Waals surface area (Å²) in [6.07, 6.45) is 1.94. The van der Waals surface area contributed by atoms with Gasteiger partial charge in [0.15, 0.2) is 0 Å². The first kappa shape index (κ1) is 41.9. The van der Waals surface area contributed by atoms with Gasteiger partial charge in [-0.2, -0.15) is 0 Å². The second kappa shape index (κ2) is 19.0. The van der Waals surface area contributed by atoms with Crippen LogP contribution in [0.3, 0.4) is 0 Å². The zero-order valence-corrected chi connectivity index (χ0v) is 31.9. The quantitative estimate of drug-likeness (QED) is 0.0621. The lowest BCUT2D eigenvalue weighted by molar-refractivity contribution is -0.141. The summed E-state index contributed by atoms with van der Waals surface area (Å²) in [6, 6.07) is 20.4. The lowest BCUT2D eigenvalue weighted by atomic mass is 9.91. The molecule has 0 heterocycles. The van der Waals surface area contributed by atoms with E-state index in [1.165, 1.54) is 18.2 Å². The predicted octanol–water partition coefficient (Wildman–Crippen LogP) is 5.67. The molecule has 0 aliphatic heterocycles. The molecule has 12 nitrogen and oxygen atoms in total. The Morgan fingerprint density at radius 1 is 0.909 bits per heavy atom. The minimum absolute atomic E-state index is 0.129. The molecule has 55 heavy (non-hydrogen) atoms. The number of unbranched alkanes of at least 4 members (excludes halogenated alkanes) is 1. The summed E-state index contributed by atoms with van der Waals surface area (Å²) >= 11 is 6.04. The Bertz CT molecular complexity index is 2040. The van der Waals surface area contributed by atoms with Gasteiger partial charge in [0.2, 0.25) is 11.8 Å². The molecule has 4 aromatic rings. The van der Waals surface area contributed by atoms with Crippen LogP contribution in [-0.4, -0.2) is 70.1 Å². The highest BCUT2D eigenvalue weighted by Gasteiger charge is 2.31. The van der Waals surface area contributed by atoms with Crippen LogP contribution >= 0.6 is 11.6 Å². The molecule has 9 N–H and O–H groups in total. The number of hydrogen-bond donors (Lipinski definition) is 7. The number of carbonyl (C=O) groups excluding carboxylic acids is 3. The number of rotatable bonds is 18. The Kier molecular flexibility index (Phi) is 14.4. The van der Waals surface area contributed by atoms with Crippen LogP contribution in [-0.2, 0) is 20.8 Å². The molecule has 0 aliphatic carbocycles. The Morgan fingerprint density at radius 3 is 2.15 bits per heavy atom. The van der Waals surface area contributed by atoms with Crippen LogP contribution in [0.5, 0.6) is 11.5 Å². The summed E-state index contributed by atoms with van der Waals surface area (Å²) in [7, 11) is 1.63. The number of hydrogen-bond acceptors (Lipinski definition) is 8. The van der Waals surface area contributed by atoms with E-state index < -0.39 is 42.3 Å². The van der Waals surface area contributed by atoms with E-state index in [4.69, 9.17) is 23.1 Å². The first-order chi connectivity index (χ1) is 26.1. The van der Waals surface area contributed by atoms with Crippen molar-refractivity contribution in [3.63, 3.8) is 0 Å². The number of carboxylic acids is 1. The summed E-state index contributed by atoms with van der Waals surface area (Å²) in [5.74, 6) is -3.75. The molecule has 0 radical (unpaired) electrons. The molecule has 0 fully saturated rings. The van der Waals surface area contributed by atoms with E-state index >= 15 is 0 Å². The molecule has 290 valence electrons.